The van der Waals surface area contributed by atoms with Crippen LogP contribution in [0.5, 0.6) is 0 Å². The van der Waals surface area contributed by atoms with Crippen LogP contribution in [0.15, 0.2) is 42.5 Å². The van der Waals surface area contributed by atoms with Crippen molar-refractivity contribution in [2.75, 3.05) is 38.0 Å². The number of aromatic nitrogens is 1. The molecule has 0 aliphatic rings. The van der Waals surface area contributed by atoms with Crippen molar-refractivity contribution in [3.8, 4) is 0 Å². The minimum absolute atomic E-state index is 0. The van der Waals surface area contributed by atoms with Crippen LogP contribution in [0.2, 0.25) is 0 Å². The molecule has 0 N–H and O–H groups in total. The molecular weight excluding hydrogens is 545 g/mol. The van der Waals surface area contributed by atoms with Crippen LogP contribution in [-0.2, 0) is 15.1 Å². The van der Waals surface area contributed by atoms with E-state index in [0.717, 1.165) is 11.0 Å². The van der Waals surface area contributed by atoms with Gasteiger partial charge in [-0.2, -0.15) is 0 Å². The maximum absolute atomic E-state index is 4.95. The Bertz CT molecular complexity index is 753. The number of halogens is 4. The van der Waals surface area contributed by atoms with E-state index in [1.54, 1.807) is 0 Å². The fraction of sp³-hybridized carbons (Fsp3) is 0.235. The summed E-state index contributed by atoms with van der Waals surface area (Å²) in [6.07, 6.45) is 0. The summed E-state index contributed by atoms with van der Waals surface area (Å²) < 4.78 is 0. The fourth-order valence-corrected chi connectivity index (χ4v) is 2.36. The second-order valence-electron chi connectivity index (χ2n) is 5.63. The molecule has 2 aromatic carbocycles. The molecule has 3 rings (SSSR count). The summed E-state index contributed by atoms with van der Waals surface area (Å²) in [5, 5.41) is 2.36. The summed E-state index contributed by atoms with van der Waals surface area (Å²) >= 11 is -0.931. The van der Waals surface area contributed by atoms with Crippen molar-refractivity contribution in [2.24, 2.45) is 0 Å². The normalized spacial score (nSPS) is 9.20. The van der Waals surface area contributed by atoms with Gasteiger partial charge in [-0.15, -0.1) is 36.4 Å². The number of fused-ring (bicyclic) bond motifs is 2. The predicted molar refractivity (Wildman–Crippen MR) is 122 cm³/mol. The molecule has 0 bridgehead atoms. The molecule has 0 atom stereocenters. The zero-order valence-electron chi connectivity index (χ0n) is 14.7. The Morgan fingerprint density at radius 1 is 0.760 bits per heavy atom. The first-order valence-electron chi connectivity index (χ1n) is 7.27. The van der Waals surface area contributed by atoms with E-state index in [4.69, 9.17) is 24.4 Å². The van der Waals surface area contributed by atoms with Gasteiger partial charge in [-0.3, -0.25) is 0 Å². The molecule has 0 fully saturated rings. The molecule has 25 heavy (non-hydrogen) atoms. The number of hydrogen-bond acceptors (Lipinski definition) is 3. The van der Waals surface area contributed by atoms with Crippen LogP contribution >= 0.6 is 55.8 Å². The van der Waals surface area contributed by atoms with Crippen LogP contribution < -0.4 is 9.80 Å². The van der Waals surface area contributed by atoms with Gasteiger partial charge in [0.25, 0.3) is 0 Å². The summed E-state index contributed by atoms with van der Waals surface area (Å²) in [7, 11) is 18.1. The molecule has 3 nitrogen and oxygen atoms in total. The SMILES string of the molecule is CN(C)c1ccc2cc3ccc(N(C)C)cc3nc2c1.Cl.I.[Cl][Zn][Cl]. The van der Waals surface area contributed by atoms with Crippen LogP contribution in [0, 0.1) is 0 Å². The third kappa shape index (κ3) is 6.55. The van der Waals surface area contributed by atoms with E-state index in [0.29, 0.717) is 0 Å². The number of rotatable bonds is 2. The number of anilines is 2. The van der Waals surface area contributed by atoms with E-state index < -0.39 is 15.1 Å². The van der Waals surface area contributed by atoms with Crippen LogP contribution in [0.25, 0.3) is 21.8 Å². The number of benzene rings is 2. The standard InChI is InChI=1S/C17H19N3.3ClH.HI.Zn/c1-19(2)14-7-5-12-9-13-6-8-15(20(3)4)11-17(13)18-16(12)10-14;;;;;/h5-11H,1-4H3;4*1H;/q;;;;;+2/p-2. The molecule has 134 valence electrons. The summed E-state index contributed by atoms with van der Waals surface area (Å²) in [6.45, 7) is 0. The second kappa shape index (κ2) is 11.6. The van der Waals surface area contributed by atoms with Gasteiger partial charge in [-0.05, 0) is 30.3 Å². The van der Waals surface area contributed by atoms with E-state index in [1.807, 2.05) is 28.2 Å². The van der Waals surface area contributed by atoms with Crippen molar-refractivity contribution in [1.29, 1.82) is 0 Å². The van der Waals surface area contributed by atoms with Crippen LogP contribution in [0.1, 0.15) is 0 Å². The molecule has 0 aliphatic carbocycles. The number of nitrogens with zero attached hydrogens (tertiary/aromatic N) is 3. The molecule has 1 heterocycles. The summed E-state index contributed by atoms with van der Waals surface area (Å²) in [5.41, 5.74) is 4.43. The third-order valence-electron chi connectivity index (χ3n) is 3.61. The Labute approximate surface area is 188 Å². The van der Waals surface area contributed by atoms with Crippen molar-refractivity contribution in [3.05, 3.63) is 42.5 Å². The van der Waals surface area contributed by atoms with Gasteiger partial charge in [0.15, 0.2) is 0 Å². The van der Waals surface area contributed by atoms with Gasteiger partial charge in [0.05, 0.1) is 11.0 Å². The molecule has 8 heteroatoms. The molecule has 0 spiro atoms. The van der Waals surface area contributed by atoms with E-state index >= 15 is 0 Å². The minimum atomic E-state index is -0.931. The number of hydrogen-bond donors (Lipinski definition) is 0. The van der Waals surface area contributed by atoms with Gasteiger partial charge in [0.2, 0.25) is 0 Å². The topological polar surface area (TPSA) is 19.4 Å². The molecule has 0 amide bonds. The molecule has 0 saturated carbocycles. The van der Waals surface area contributed by atoms with Crippen molar-refractivity contribution in [1.82, 2.24) is 4.98 Å². The molecule has 0 aliphatic heterocycles. The van der Waals surface area contributed by atoms with Crippen LogP contribution in [-0.4, -0.2) is 33.2 Å². The first kappa shape index (κ1) is 24.9. The fourth-order valence-electron chi connectivity index (χ4n) is 2.36. The summed E-state index contributed by atoms with van der Waals surface area (Å²) in [4.78, 5) is 9.01. The summed E-state index contributed by atoms with van der Waals surface area (Å²) in [5.74, 6) is 0. The zero-order chi connectivity index (χ0) is 17.0. The van der Waals surface area contributed by atoms with Gasteiger partial charge in [0.1, 0.15) is 0 Å². The molecule has 0 saturated heterocycles. The maximum atomic E-state index is 4.95. The van der Waals surface area contributed by atoms with E-state index in [2.05, 4.69) is 52.3 Å². The molecule has 3 aromatic rings. The van der Waals surface area contributed by atoms with Crippen LogP contribution in [0.4, 0.5) is 11.4 Å². The van der Waals surface area contributed by atoms with Crippen molar-refractivity contribution in [3.63, 3.8) is 0 Å². The monoisotopic (exact) mass is 563 g/mol. The van der Waals surface area contributed by atoms with Crippen molar-refractivity contribution in [2.45, 2.75) is 0 Å². The van der Waals surface area contributed by atoms with Crippen molar-refractivity contribution < 1.29 is 15.1 Å². The average Bonchev–Trinajstić information content (AvgIpc) is 2.52. The van der Waals surface area contributed by atoms with Gasteiger partial charge in [-0.25, -0.2) is 4.98 Å². The first-order valence-corrected chi connectivity index (χ1v) is 15.1. The van der Waals surface area contributed by atoms with Gasteiger partial charge in [0, 0.05) is 50.3 Å². The quantitative estimate of drug-likeness (QED) is 0.218. The first-order chi connectivity index (χ1) is 11.0. The van der Waals surface area contributed by atoms with Gasteiger partial charge in [-0.1, -0.05) is 12.1 Å². The van der Waals surface area contributed by atoms with Gasteiger partial charge >= 0.3 is 34.5 Å². The zero-order valence-corrected chi connectivity index (χ0v) is 22.3. The van der Waals surface area contributed by atoms with E-state index in [1.165, 1.54) is 22.1 Å². The third-order valence-corrected chi connectivity index (χ3v) is 3.61. The Morgan fingerprint density at radius 2 is 1.12 bits per heavy atom. The molecule has 1 aromatic heterocycles. The van der Waals surface area contributed by atoms with E-state index in [9.17, 15) is 0 Å². The molecule has 0 radical (unpaired) electrons. The Balaban J connectivity index is 0.00000108. The molecular formula is C17H21Cl3IN3Zn. The Hall–Kier alpha value is -0.0666. The summed E-state index contributed by atoms with van der Waals surface area (Å²) in [6, 6.07) is 15.0. The van der Waals surface area contributed by atoms with Crippen LogP contribution in [0.3, 0.4) is 0 Å². The Kier molecular flexibility index (Phi) is 11.6. The predicted octanol–water partition coefficient (Wildman–Crippen LogP) is 5.94. The average molecular weight is 566 g/mol. The number of pyridine rings is 1. The van der Waals surface area contributed by atoms with E-state index in [-0.39, 0.29) is 36.4 Å². The second-order valence-corrected chi connectivity index (χ2v) is 10.3. The van der Waals surface area contributed by atoms with Gasteiger partial charge < -0.3 is 9.80 Å². The Morgan fingerprint density at radius 3 is 1.44 bits per heavy atom. The van der Waals surface area contributed by atoms with Crippen molar-refractivity contribution >= 4 is 88.9 Å². The molecule has 0 unspecified atom stereocenters.